The molecule has 0 aliphatic heterocycles. The Bertz CT molecular complexity index is 448. The van der Waals surface area contributed by atoms with Gasteiger partial charge in [0.2, 0.25) is 0 Å². The fraction of sp³-hybridized carbons (Fsp3) is 0.588. The lowest BCUT2D eigenvalue weighted by molar-refractivity contribution is -0.126. The zero-order valence-electron chi connectivity index (χ0n) is 12.3. The second kappa shape index (κ2) is 6.98. The summed E-state index contributed by atoms with van der Waals surface area (Å²) < 4.78 is 19.2. The van der Waals surface area contributed by atoms with Gasteiger partial charge in [-0.1, -0.05) is 32.0 Å². The third kappa shape index (κ3) is 4.41. The predicted octanol–water partition coefficient (Wildman–Crippen LogP) is 3.78. The Kier molecular flexibility index (Phi) is 5.30. The van der Waals surface area contributed by atoms with E-state index >= 15 is 0 Å². The van der Waals surface area contributed by atoms with E-state index in [1.807, 2.05) is 0 Å². The molecular formula is C17H23FO2. The van der Waals surface area contributed by atoms with E-state index in [1.165, 1.54) is 12.5 Å². The van der Waals surface area contributed by atoms with E-state index in [0.29, 0.717) is 17.4 Å². The van der Waals surface area contributed by atoms with Crippen LogP contribution in [0.2, 0.25) is 0 Å². The van der Waals surface area contributed by atoms with Crippen molar-refractivity contribution in [3.8, 4) is 0 Å². The summed E-state index contributed by atoms with van der Waals surface area (Å²) in [5, 5.41) is 0. The Labute approximate surface area is 120 Å². The number of rotatable bonds is 5. The molecule has 1 aliphatic rings. The minimum Gasteiger partial charge on any atom is -0.370 e. The minimum atomic E-state index is -0.319. The first kappa shape index (κ1) is 15.2. The van der Waals surface area contributed by atoms with Crippen molar-refractivity contribution < 1.29 is 13.9 Å². The van der Waals surface area contributed by atoms with Crippen LogP contribution >= 0.6 is 0 Å². The summed E-state index contributed by atoms with van der Waals surface area (Å²) in [5.41, 5.74) is 0.450. The van der Waals surface area contributed by atoms with Gasteiger partial charge in [0.15, 0.2) is 5.78 Å². The van der Waals surface area contributed by atoms with Gasteiger partial charge in [-0.25, -0.2) is 4.39 Å². The maximum Gasteiger partial charge on any atom is 0.162 e. The summed E-state index contributed by atoms with van der Waals surface area (Å²) in [6.07, 6.45) is 3.58. The highest BCUT2D eigenvalue weighted by molar-refractivity contribution is 5.82. The Hall–Kier alpha value is -1.22. The second-order valence-corrected chi connectivity index (χ2v) is 6.16. The quantitative estimate of drug-likeness (QED) is 0.819. The Morgan fingerprint density at radius 2 is 1.85 bits per heavy atom. The smallest absolute Gasteiger partial charge is 0.162 e. The third-order valence-corrected chi connectivity index (χ3v) is 3.96. The van der Waals surface area contributed by atoms with Gasteiger partial charge in [-0.3, -0.25) is 4.79 Å². The summed E-state index contributed by atoms with van der Waals surface area (Å²) in [5.74, 6) is 0.942. The number of hydrogen-bond acceptors (Lipinski definition) is 2. The summed E-state index contributed by atoms with van der Waals surface area (Å²) in [7, 11) is 0. The third-order valence-electron chi connectivity index (χ3n) is 3.96. The van der Waals surface area contributed by atoms with Crippen molar-refractivity contribution in [1.82, 2.24) is 0 Å². The highest BCUT2D eigenvalue weighted by Gasteiger charge is 2.24. The maximum atomic E-state index is 13.5. The fourth-order valence-electron chi connectivity index (χ4n) is 3.13. The summed E-state index contributed by atoms with van der Waals surface area (Å²) >= 11 is 0. The van der Waals surface area contributed by atoms with Gasteiger partial charge in [-0.05, 0) is 42.7 Å². The normalized spacial score (nSPS) is 26.4. The van der Waals surface area contributed by atoms with E-state index in [9.17, 15) is 9.18 Å². The molecule has 3 heteroatoms. The number of carbonyl (C=O) groups is 1. The van der Waals surface area contributed by atoms with E-state index in [-0.39, 0.29) is 30.7 Å². The Balaban J connectivity index is 1.79. The van der Waals surface area contributed by atoms with Crippen molar-refractivity contribution in [2.75, 3.05) is 6.61 Å². The number of benzene rings is 1. The first-order valence-electron chi connectivity index (χ1n) is 7.41. The molecule has 2 unspecified atom stereocenters. The molecule has 0 radical (unpaired) electrons. The average molecular weight is 278 g/mol. The van der Waals surface area contributed by atoms with Crippen molar-refractivity contribution in [1.29, 1.82) is 0 Å². The summed E-state index contributed by atoms with van der Waals surface area (Å²) in [4.78, 5) is 11.9. The van der Waals surface area contributed by atoms with E-state index in [0.717, 1.165) is 12.8 Å². The number of carbonyl (C=O) groups excluding carboxylic acids is 1. The van der Waals surface area contributed by atoms with Crippen LogP contribution in [0.3, 0.4) is 0 Å². The van der Waals surface area contributed by atoms with E-state index in [1.54, 1.807) is 18.2 Å². The first-order chi connectivity index (χ1) is 9.54. The Morgan fingerprint density at radius 1 is 1.20 bits per heavy atom. The van der Waals surface area contributed by atoms with Crippen LogP contribution in [0.15, 0.2) is 24.3 Å². The molecule has 1 fully saturated rings. The molecule has 0 amide bonds. The van der Waals surface area contributed by atoms with Crippen LogP contribution in [0.25, 0.3) is 0 Å². The van der Waals surface area contributed by atoms with Gasteiger partial charge < -0.3 is 4.74 Å². The summed E-state index contributed by atoms with van der Waals surface area (Å²) in [6, 6.07) is 6.41. The van der Waals surface area contributed by atoms with Gasteiger partial charge in [-0.2, -0.15) is 0 Å². The predicted molar refractivity (Wildman–Crippen MR) is 77.0 cm³/mol. The molecule has 0 heterocycles. The maximum absolute atomic E-state index is 13.5. The van der Waals surface area contributed by atoms with E-state index in [4.69, 9.17) is 4.74 Å². The molecule has 20 heavy (non-hydrogen) atoms. The molecule has 0 N–H and O–H groups in total. The minimum absolute atomic E-state index is 0.0546. The molecule has 0 saturated heterocycles. The van der Waals surface area contributed by atoms with Gasteiger partial charge in [0.25, 0.3) is 0 Å². The summed E-state index contributed by atoms with van der Waals surface area (Å²) in [6.45, 7) is 4.55. The van der Waals surface area contributed by atoms with Crippen molar-refractivity contribution in [3.63, 3.8) is 0 Å². The molecular weight excluding hydrogens is 255 g/mol. The number of Topliss-reactive ketones (excluding diaryl/α,β-unsaturated/α-hetero) is 1. The number of ketones is 1. The lowest BCUT2D eigenvalue weighted by Crippen LogP contribution is -2.28. The highest BCUT2D eigenvalue weighted by Crippen LogP contribution is 2.30. The molecule has 0 aromatic heterocycles. The lowest BCUT2D eigenvalue weighted by Gasteiger charge is -2.31. The number of hydrogen-bond donors (Lipinski definition) is 0. The van der Waals surface area contributed by atoms with Gasteiger partial charge in [0, 0.05) is 6.42 Å². The number of halogens is 1. The fourth-order valence-corrected chi connectivity index (χ4v) is 3.13. The number of ether oxygens (including phenoxy) is 1. The standard InChI is InChI=1S/C17H23FO2/c1-12-7-13(2)9-16(8-12)20-11-15(19)10-14-5-3-4-6-17(14)18/h3-6,12-13,16H,7-11H2,1-2H3. The SMILES string of the molecule is CC1CC(C)CC(OCC(=O)Cc2ccccc2F)C1. The van der Waals surface area contributed by atoms with Crippen molar-refractivity contribution in [2.24, 2.45) is 11.8 Å². The molecule has 2 rings (SSSR count). The lowest BCUT2D eigenvalue weighted by atomic mass is 9.82. The molecule has 2 nitrogen and oxygen atoms in total. The first-order valence-corrected chi connectivity index (χ1v) is 7.41. The van der Waals surface area contributed by atoms with Crippen molar-refractivity contribution in [2.45, 2.75) is 45.6 Å². The Morgan fingerprint density at radius 3 is 2.50 bits per heavy atom. The van der Waals surface area contributed by atoms with Gasteiger partial charge >= 0.3 is 0 Å². The molecule has 0 bridgehead atoms. The highest BCUT2D eigenvalue weighted by atomic mass is 19.1. The zero-order valence-corrected chi connectivity index (χ0v) is 12.3. The average Bonchev–Trinajstić information content (AvgIpc) is 2.38. The van der Waals surface area contributed by atoms with Crippen LogP contribution in [0, 0.1) is 17.7 Å². The van der Waals surface area contributed by atoms with Crippen LogP contribution in [-0.4, -0.2) is 18.5 Å². The van der Waals surface area contributed by atoms with Crippen LogP contribution in [0.4, 0.5) is 4.39 Å². The molecule has 110 valence electrons. The molecule has 1 aromatic rings. The van der Waals surface area contributed by atoms with Crippen LogP contribution < -0.4 is 0 Å². The van der Waals surface area contributed by atoms with Crippen molar-refractivity contribution in [3.05, 3.63) is 35.6 Å². The van der Waals surface area contributed by atoms with Gasteiger partial charge in [0.05, 0.1) is 6.10 Å². The van der Waals surface area contributed by atoms with E-state index < -0.39 is 0 Å². The van der Waals surface area contributed by atoms with Gasteiger partial charge in [0.1, 0.15) is 12.4 Å². The van der Waals surface area contributed by atoms with Gasteiger partial charge in [-0.15, -0.1) is 0 Å². The molecule has 0 spiro atoms. The monoisotopic (exact) mass is 278 g/mol. The molecule has 1 saturated carbocycles. The topological polar surface area (TPSA) is 26.3 Å². The van der Waals surface area contributed by atoms with Crippen LogP contribution in [-0.2, 0) is 16.0 Å². The molecule has 1 aromatic carbocycles. The van der Waals surface area contributed by atoms with Crippen LogP contribution in [0.5, 0.6) is 0 Å². The molecule has 2 atom stereocenters. The molecule has 1 aliphatic carbocycles. The largest absolute Gasteiger partial charge is 0.370 e. The zero-order chi connectivity index (χ0) is 14.5. The van der Waals surface area contributed by atoms with Crippen molar-refractivity contribution >= 4 is 5.78 Å². The second-order valence-electron chi connectivity index (χ2n) is 6.16. The van der Waals surface area contributed by atoms with E-state index in [2.05, 4.69) is 13.8 Å². The van der Waals surface area contributed by atoms with Crippen LogP contribution in [0.1, 0.15) is 38.7 Å².